The van der Waals surface area contributed by atoms with E-state index in [0.717, 1.165) is 54.7 Å². The van der Waals surface area contributed by atoms with Crippen molar-refractivity contribution in [2.24, 2.45) is 0 Å². The van der Waals surface area contributed by atoms with Crippen LogP contribution in [0.5, 0.6) is 0 Å². The third kappa shape index (κ3) is 2.99. The van der Waals surface area contributed by atoms with Gasteiger partial charge in [-0.3, -0.25) is 0 Å². The van der Waals surface area contributed by atoms with Crippen molar-refractivity contribution in [1.82, 2.24) is 9.13 Å². The zero-order valence-electron chi connectivity index (χ0n) is 21.5. The van der Waals surface area contributed by atoms with Gasteiger partial charge in [0.1, 0.15) is 6.07 Å². The fourth-order valence-corrected chi connectivity index (χ4v) is 6.64. The molecule has 0 amide bonds. The standard InChI is InChI=1S/C36H22N4/c37-21-29-30(22-38)35(18-17-34(29)39-31-14-6-3-11-25(31)26-12-4-7-15-32(26)39)40-33-16-8-5-13-27(33)28-19-23-9-1-2-10-24(23)20-36(28)40/h1-17,19-20,35H,18H2. The molecule has 5 aromatic carbocycles. The van der Waals surface area contributed by atoms with E-state index in [1.165, 1.54) is 5.39 Å². The number of para-hydroxylation sites is 3. The average Bonchev–Trinajstić information content (AvgIpc) is 3.51. The van der Waals surface area contributed by atoms with Crippen LogP contribution in [0.25, 0.3) is 60.1 Å². The van der Waals surface area contributed by atoms with Gasteiger partial charge in [-0.15, -0.1) is 0 Å². The van der Waals surface area contributed by atoms with Crippen LogP contribution in [0.1, 0.15) is 12.5 Å². The van der Waals surface area contributed by atoms with Gasteiger partial charge in [-0.1, -0.05) is 84.9 Å². The smallest absolute Gasteiger partial charge is 0.102 e. The molecule has 0 radical (unpaired) electrons. The summed E-state index contributed by atoms with van der Waals surface area (Å²) in [5.74, 6) is 0. The summed E-state index contributed by atoms with van der Waals surface area (Å²) in [5.41, 5.74) is 5.90. The van der Waals surface area contributed by atoms with Crippen molar-refractivity contribution in [2.75, 3.05) is 0 Å². The lowest BCUT2D eigenvalue weighted by Gasteiger charge is -2.26. The second kappa shape index (κ2) is 8.46. The van der Waals surface area contributed by atoms with Crippen LogP contribution in [0, 0.1) is 22.7 Å². The number of hydrogen-bond donors (Lipinski definition) is 0. The van der Waals surface area contributed by atoms with E-state index in [0.29, 0.717) is 17.6 Å². The molecule has 0 bridgehead atoms. The number of allylic oxidation sites excluding steroid dienone is 4. The minimum absolute atomic E-state index is 0.292. The van der Waals surface area contributed by atoms with Crippen LogP contribution in [0.4, 0.5) is 0 Å². The molecule has 0 fully saturated rings. The summed E-state index contributed by atoms with van der Waals surface area (Å²) in [7, 11) is 0. The van der Waals surface area contributed by atoms with Gasteiger partial charge in [0.2, 0.25) is 0 Å². The Balaban J connectivity index is 1.41. The number of rotatable bonds is 2. The lowest BCUT2D eigenvalue weighted by Crippen LogP contribution is -2.17. The largest absolute Gasteiger partial charge is 0.332 e. The molecular weight excluding hydrogens is 488 g/mol. The lowest BCUT2D eigenvalue weighted by molar-refractivity contribution is 0.623. The monoisotopic (exact) mass is 510 g/mol. The molecule has 186 valence electrons. The first-order chi connectivity index (χ1) is 19.8. The van der Waals surface area contributed by atoms with E-state index in [9.17, 15) is 10.5 Å². The molecule has 0 N–H and O–H groups in total. The molecule has 1 unspecified atom stereocenters. The number of nitriles is 2. The van der Waals surface area contributed by atoms with Crippen LogP contribution < -0.4 is 0 Å². The highest BCUT2D eigenvalue weighted by molar-refractivity contribution is 6.13. The molecule has 0 aliphatic heterocycles. The molecule has 1 atom stereocenters. The molecule has 1 aliphatic rings. The topological polar surface area (TPSA) is 57.4 Å². The van der Waals surface area contributed by atoms with Crippen LogP contribution in [-0.4, -0.2) is 9.13 Å². The Kier molecular flexibility index (Phi) is 4.74. The van der Waals surface area contributed by atoms with Crippen molar-refractivity contribution >= 4 is 60.1 Å². The minimum Gasteiger partial charge on any atom is -0.332 e. The molecule has 4 nitrogen and oxygen atoms in total. The van der Waals surface area contributed by atoms with Gasteiger partial charge in [-0.05, 0) is 47.5 Å². The Morgan fingerprint density at radius 2 is 1.12 bits per heavy atom. The molecule has 40 heavy (non-hydrogen) atoms. The van der Waals surface area contributed by atoms with Gasteiger partial charge in [0.25, 0.3) is 0 Å². The van der Waals surface area contributed by atoms with Crippen LogP contribution >= 0.6 is 0 Å². The third-order valence-corrected chi connectivity index (χ3v) is 8.34. The fraction of sp³-hybridized carbons (Fsp3) is 0.0556. The summed E-state index contributed by atoms with van der Waals surface area (Å²) >= 11 is 0. The van der Waals surface area contributed by atoms with Gasteiger partial charge in [0, 0.05) is 27.1 Å². The van der Waals surface area contributed by atoms with Crippen molar-refractivity contribution in [3.63, 3.8) is 0 Å². The summed E-state index contributed by atoms with van der Waals surface area (Å²) in [5, 5.41) is 28.1. The second-order valence-corrected chi connectivity index (χ2v) is 10.3. The highest BCUT2D eigenvalue weighted by atomic mass is 15.0. The maximum atomic E-state index is 10.6. The predicted molar refractivity (Wildman–Crippen MR) is 163 cm³/mol. The zero-order chi connectivity index (χ0) is 26.8. The minimum atomic E-state index is -0.292. The highest BCUT2D eigenvalue weighted by Gasteiger charge is 2.30. The van der Waals surface area contributed by atoms with Gasteiger partial charge in [0.05, 0.1) is 45.5 Å². The lowest BCUT2D eigenvalue weighted by atomic mass is 9.91. The Labute approximate surface area is 230 Å². The van der Waals surface area contributed by atoms with Crippen LogP contribution in [0.3, 0.4) is 0 Å². The number of benzene rings is 5. The maximum absolute atomic E-state index is 10.6. The Morgan fingerprint density at radius 3 is 1.75 bits per heavy atom. The van der Waals surface area contributed by atoms with Crippen molar-refractivity contribution < 1.29 is 0 Å². The van der Waals surface area contributed by atoms with Gasteiger partial charge in [0.15, 0.2) is 0 Å². The second-order valence-electron chi connectivity index (χ2n) is 10.3. The van der Waals surface area contributed by atoms with E-state index in [1.807, 2.05) is 30.3 Å². The van der Waals surface area contributed by atoms with E-state index in [1.54, 1.807) is 0 Å². The highest BCUT2D eigenvalue weighted by Crippen LogP contribution is 2.43. The Bertz CT molecular complexity index is 2280. The first kappa shape index (κ1) is 22.4. The number of nitrogens with zero attached hydrogens (tertiary/aromatic N) is 4. The van der Waals surface area contributed by atoms with E-state index < -0.39 is 0 Å². The molecule has 7 aromatic rings. The summed E-state index contributed by atoms with van der Waals surface area (Å²) < 4.78 is 4.42. The first-order valence-corrected chi connectivity index (χ1v) is 13.4. The SMILES string of the molecule is N#CC1=C(C#N)C(n2c3ccccc3c3cc4ccccc4cc32)CC=C1n1c2ccccc2c2ccccc21. The summed E-state index contributed by atoms with van der Waals surface area (Å²) in [6.45, 7) is 0. The summed E-state index contributed by atoms with van der Waals surface area (Å²) in [6, 6.07) is 42.4. The number of hydrogen-bond acceptors (Lipinski definition) is 2. The number of aromatic nitrogens is 2. The average molecular weight is 511 g/mol. The fourth-order valence-electron chi connectivity index (χ4n) is 6.64. The molecule has 0 saturated carbocycles. The van der Waals surface area contributed by atoms with Crippen molar-refractivity contribution in [3.05, 3.63) is 126 Å². The van der Waals surface area contributed by atoms with Gasteiger partial charge >= 0.3 is 0 Å². The molecule has 2 heterocycles. The summed E-state index contributed by atoms with van der Waals surface area (Å²) in [4.78, 5) is 0. The van der Waals surface area contributed by atoms with Gasteiger partial charge in [-0.25, -0.2) is 0 Å². The first-order valence-electron chi connectivity index (χ1n) is 13.4. The van der Waals surface area contributed by atoms with Crippen LogP contribution in [0.15, 0.2) is 126 Å². The van der Waals surface area contributed by atoms with Crippen molar-refractivity contribution in [2.45, 2.75) is 12.5 Å². The van der Waals surface area contributed by atoms with Crippen molar-refractivity contribution in [1.29, 1.82) is 10.5 Å². The van der Waals surface area contributed by atoms with Crippen LogP contribution in [-0.2, 0) is 0 Å². The van der Waals surface area contributed by atoms with Gasteiger partial charge in [-0.2, -0.15) is 10.5 Å². The molecular formula is C36H22N4. The van der Waals surface area contributed by atoms with Gasteiger partial charge < -0.3 is 9.13 Å². The normalized spacial score (nSPS) is 15.7. The molecule has 0 saturated heterocycles. The van der Waals surface area contributed by atoms with E-state index in [2.05, 4.69) is 106 Å². The molecule has 1 aliphatic carbocycles. The Morgan fingerprint density at radius 1 is 0.575 bits per heavy atom. The van der Waals surface area contributed by atoms with Crippen LogP contribution in [0.2, 0.25) is 0 Å². The summed E-state index contributed by atoms with van der Waals surface area (Å²) in [6.07, 6.45) is 2.75. The van der Waals surface area contributed by atoms with E-state index in [-0.39, 0.29) is 6.04 Å². The quantitative estimate of drug-likeness (QED) is 0.233. The predicted octanol–water partition coefficient (Wildman–Crippen LogP) is 8.89. The molecule has 4 heteroatoms. The van der Waals surface area contributed by atoms with E-state index >= 15 is 0 Å². The van der Waals surface area contributed by atoms with Crippen molar-refractivity contribution in [3.8, 4) is 12.1 Å². The molecule has 8 rings (SSSR count). The Hall–Kier alpha value is -5.58. The zero-order valence-corrected chi connectivity index (χ0v) is 21.5. The number of fused-ring (bicyclic) bond motifs is 7. The van der Waals surface area contributed by atoms with E-state index in [4.69, 9.17) is 0 Å². The maximum Gasteiger partial charge on any atom is 0.102 e. The molecule has 2 aromatic heterocycles. The third-order valence-electron chi connectivity index (χ3n) is 8.34. The molecule has 0 spiro atoms.